The van der Waals surface area contributed by atoms with Crippen molar-refractivity contribution < 1.29 is 9.53 Å². The fraction of sp³-hybridized carbons (Fsp3) is 0.267. The summed E-state index contributed by atoms with van der Waals surface area (Å²) in [5, 5.41) is 7.08. The number of methoxy groups -OCH3 is 1. The maximum atomic E-state index is 12.2. The van der Waals surface area contributed by atoms with Crippen molar-refractivity contribution in [3.05, 3.63) is 36.2 Å². The van der Waals surface area contributed by atoms with Crippen molar-refractivity contribution in [1.82, 2.24) is 19.7 Å². The van der Waals surface area contributed by atoms with Gasteiger partial charge in [-0.2, -0.15) is 10.1 Å². The predicted octanol–water partition coefficient (Wildman–Crippen LogP) is 2.60. The summed E-state index contributed by atoms with van der Waals surface area (Å²) < 4.78 is 6.80. The maximum absolute atomic E-state index is 12.2. The number of rotatable bonds is 4. The summed E-state index contributed by atoms with van der Waals surface area (Å²) in [7, 11) is 1.55. The average Bonchev–Trinajstić information content (AvgIpc) is 3.13. The van der Waals surface area contributed by atoms with Gasteiger partial charge in [-0.1, -0.05) is 0 Å². The SMILES string of the molecule is COc1nc2ccc(NC(=O)c3ccn(C(C)C)n3)cc2[nH]1. The second-order valence-electron chi connectivity index (χ2n) is 5.21. The van der Waals surface area contributed by atoms with E-state index in [0.29, 0.717) is 17.4 Å². The van der Waals surface area contributed by atoms with Crippen LogP contribution in [0.1, 0.15) is 30.4 Å². The summed E-state index contributed by atoms with van der Waals surface area (Å²) in [6.07, 6.45) is 1.79. The highest BCUT2D eigenvalue weighted by Crippen LogP contribution is 2.20. The molecule has 0 fully saturated rings. The van der Waals surface area contributed by atoms with E-state index < -0.39 is 0 Å². The number of carbonyl (C=O) groups excluding carboxylic acids is 1. The number of hydrogen-bond donors (Lipinski definition) is 2. The average molecular weight is 299 g/mol. The van der Waals surface area contributed by atoms with E-state index in [-0.39, 0.29) is 11.9 Å². The van der Waals surface area contributed by atoms with Gasteiger partial charge in [0.25, 0.3) is 11.9 Å². The van der Waals surface area contributed by atoms with Crippen molar-refractivity contribution in [3.63, 3.8) is 0 Å². The second-order valence-corrected chi connectivity index (χ2v) is 5.21. The number of aromatic amines is 1. The molecule has 0 radical (unpaired) electrons. The number of H-pyrrole nitrogens is 1. The number of carbonyl (C=O) groups is 1. The van der Waals surface area contributed by atoms with Gasteiger partial charge in [0.1, 0.15) is 0 Å². The van der Waals surface area contributed by atoms with E-state index in [4.69, 9.17) is 4.74 Å². The summed E-state index contributed by atoms with van der Waals surface area (Å²) in [4.78, 5) is 19.4. The number of amides is 1. The van der Waals surface area contributed by atoms with Crippen molar-refractivity contribution in [2.24, 2.45) is 0 Å². The monoisotopic (exact) mass is 299 g/mol. The summed E-state index contributed by atoms with van der Waals surface area (Å²) in [5.74, 6) is -0.245. The lowest BCUT2D eigenvalue weighted by molar-refractivity contribution is 0.102. The molecular formula is C15H17N5O2. The zero-order valence-electron chi connectivity index (χ0n) is 12.6. The quantitative estimate of drug-likeness (QED) is 0.775. The molecule has 2 heterocycles. The third-order valence-electron chi connectivity index (χ3n) is 3.28. The number of aromatic nitrogens is 4. The Kier molecular flexibility index (Phi) is 3.54. The zero-order chi connectivity index (χ0) is 15.7. The van der Waals surface area contributed by atoms with E-state index in [1.807, 2.05) is 26.0 Å². The number of imidazole rings is 1. The van der Waals surface area contributed by atoms with E-state index in [2.05, 4.69) is 20.4 Å². The van der Waals surface area contributed by atoms with Crippen LogP contribution in [0.4, 0.5) is 5.69 Å². The molecule has 2 aromatic heterocycles. The molecule has 0 spiro atoms. The molecule has 0 atom stereocenters. The first-order chi connectivity index (χ1) is 10.6. The van der Waals surface area contributed by atoms with Gasteiger partial charge < -0.3 is 15.0 Å². The van der Waals surface area contributed by atoms with E-state index in [1.54, 1.807) is 30.1 Å². The van der Waals surface area contributed by atoms with Crippen molar-refractivity contribution in [2.75, 3.05) is 12.4 Å². The number of hydrogen-bond acceptors (Lipinski definition) is 4. The number of anilines is 1. The van der Waals surface area contributed by atoms with Crippen LogP contribution in [-0.4, -0.2) is 32.8 Å². The Hall–Kier alpha value is -2.83. The number of fused-ring (bicyclic) bond motifs is 1. The molecule has 1 amide bonds. The van der Waals surface area contributed by atoms with Gasteiger partial charge in [-0.05, 0) is 38.1 Å². The summed E-state index contributed by atoms with van der Waals surface area (Å²) in [5.41, 5.74) is 2.63. The summed E-state index contributed by atoms with van der Waals surface area (Å²) in [6.45, 7) is 4.02. The molecule has 0 aliphatic rings. The minimum Gasteiger partial charge on any atom is -0.468 e. The summed E-state index contributed by atoms with van der Waals surface area (Å²) in [6, 6.07) is 7.77. The fourth-order valence-electron chi connectivity index (χ4n) is 2.10. The minimum atomic E-state index is -0.245. The van der Waals surface area contributed by atoms with Crippen LogP contribution in [0.5, 0.6) is 6.01 Å². The highest BCUT2D eigenvalue weighted by molar-refractivity contribution is 6.03. The molecule has 22 heavy (non-hydrogen) atoms. The number of nitrogens with one attached hydrogen (secondary N) is 2. The second kappa shape index (κ2) is 5.51. The normalized spacial score (nSPS) is 11.1. The van der Waals surface area contributed by atoms with Crippen LogP contribution in [0.2, 0.25) is 0 Å². The molecule has 0 aliphatic heterocycles. The van der Waals surface area contributed by atoms with Gasteiger partial charge in [0, 0.05) is 17.9 Å². The Bertz CT molecular complexity index is 818. The molecule has 7 nitrogen and oxygen atoms in total. The van der Waals surface area contributed by atoms with Gasteiger partial charge >= 0.3 is 0 Å². The molecule has 7 heteroatoms. The third kappa shape index (κ3) is 2.65. The molecule has 0 bridgehead atoms. The van der Waals surface area contributed by atoms with Gasteiger partial charge in [0.2, 0.25) is 0 Å². The molecule has 0 unspecified atom stereocenters. The lowest BCUT2D eigenvalue weighted by Gasteiger charge is -2.05. The number of nitrogens with zero attached hydrogens (tertiary/aromatic N) is 3. The van der Waals surface area contributed by atoms with Gasteiger partial charge in [-0.15, -0.1) is 0 Å². The van der Waals surface area contributed by atoms with Crippen LogP contribution in [0, 0.1) is 0 Å². The van der Waals surface area contributed by atoms with Crippen LogP contribution in [0.25, 0.3) is 11.0 Å². The largest absolute Gasteiger partial charge is 0.468 e. The highest BCUT2D eigenvalue weighted by Gasteiger charge is 2.12. The number of ether oxygens (including phenoxy) is 1. The Morgan fingerprint density at radius 1 is 1.36 bits per heavy atom. The van der Waals surface area contributed by atoms with E-state index in [1.165, 1.54) is 0 Å². The van der Waals surface area contributed by atoms with Crippen LogP contribution in [-0.2, 0) is 0 Å². The van der Waals surface area contributed by atoms with Crippen molar-refractivity contribution in [1.29, 1.82) is 0 Å². The number of benzene rings is 1. The van der Waals surface area contributed by atoms with Gasteiger partial charge in [-0.25, -0.2) is 0 Å². The predicted molar refractivity (Wildman–Crippen MR) is 83.2 cm³/mol. The molecule has 0 aliphatic carbocycles. The Labute approximate surface area is 127 Å². The first kappa shape index (κ1) is 14.1. The van der Waals surface area contributed by atoms with Crippen LogP contribution in [0.3, 0.4) is 0 Å². The van der Waals surface area contributed by atoms with E-state index in [0.717, 1.165) is 11.0 Å². The Morgan fingerprint density at radius 2 is 2.18 bits per heavy atom. The van der Waals surface area contributed by atoms with Gasteiger partial charge in [-0.3, -0.25) is 9.48 Å². The molecule has 2 N–H and O–H groups in total. The van der Waals surface area contributed by atoms with Crippen LogP contribution < -0.4 is 10.1 Å². The molecule has 3 aromatic rings. The van der Waals surface area contributed by atoms with Crippen molar-refractivity contribution in [3.8, 4) is 6.01 Å². The lowest BCUT2D eigenvalue weighted by atomic mass is 10.2. The first-order valence-corrected chi connectivity index (χ1v) is 6.97. The Morgan fingerprint density at radius 3 is 2.86 bits per heavy atom. The van der Waals surface area contributed by atoms with Crippen molar-refractivity contribution >= 4 is 22.6 Å². The van der Waals surface area contributed by atoms with Gasteiger partial charge in [0.05, 0.1) is 18.1 Å². The lowest BCUT2D eigenvalue weighted by Crippen LogP contribution is -2.13. The molecule has 0 saturated carbocycles. The summed E-state index contributed by atoms with van der Waals surface area (Å²) >= 11 is 0. The molecular weight excluding hydrogens is 282 g/mol. The smallest absolute Gasteiger partial charge is 0.294 e. The molecule has 3 rings (SSSR count). The first-order valence-electron chi connectivity index (χ1n) is 6.97. The van der Waals surface area contributed by atoms with Crippen molar-refractivity contribution in [2.45, 2.75) is 19.9 Å². The van der Waals surface area contributed by atoms with Crippen LogP contribution >= 0.6 is 0 Å². The Balaban J connectivity index is 1.80. The maximum Gasteiger partial charge on any atom is 0.294 e. The van der Waals surface area contributed by atoms with E-state index >= 15 is 0 Å². The van der Waals surface area contributed by atoms with E-state index in [9.17, 15) is 4.79 Å². The minimum absolute atomic E-state index is 0.218. The standard InChI is InChI=1S/C15H17N5O2/c1-9(2)20-7-6-12(19-20)14(21)16-10-4-5-11-13(8-10)18-15(17-11)22-3/h4-9H,1-3H3,(H,16,21)(H,17,18). The fourth-order valence-corrected chi connectivity index (χ4v) is 2.10. The zero-order valence-corrected chi connectivity index (χ0v) is 12.6. The molecule has 1 aromatic carbocycles. The highest BCUT2D eigenvalue weighted by atomic mass is 16.5. The van der Waals surface area contributed by atoms with Gasteiger partial charge in [0.15, 0.2) is 5.69 Å². The third-order valence-corrected chi connectivity index (χ3v) is 3.28. The topological polar surface area (TPSA) is 84.8 Å². The van der Waals surface area contributed by atoms with Crippen LogP contribution in [0.15, 0.2) is 30.5 Å². The molecule has 0 saturated heterocycles. The molecule has 114 valence electrons.